The summed E-state index contributed by atoms with van der Waals surface area (Å²) in [5.74, 6) is -0.377. The number of carboxylic acids is 1. The number of carbonyl (C=O) groups excluding carboxylic acids is 1. The first-order valence-electron chi connectivity index (χ1n) is 6.53. The van der Waals surface area contributed by atoms with Crippen LogP contribution in [-0.4, -0.2) is 28.9 Å². The second-order valence-electron chi connectivity index (χ2n) is 5.01. The van der Waals surface area contributed by atoms with Gasteiger partial charge in [-0.1, -0.05) is 17.7 Å². The molecule has 1 aromatic carbocycles. The Morgan fingerprint density at radius 2 is 1.81 bits per heavy atom. The van der Waals surface area contributed by atoms with Crippen LogP contribution in [0, 0.1) is 13.8 Å². The minimum Gasteiger partial charge on any atom is -0.478 e. The van der Waals surface area contributed by atoms with Crippen LogP contribution >= 0.6 is 0 Å². The van der Waals surface area contributed by atoms with Gasteiger partial charge in [-0.3, -0.25) is 4.79 Å². The van der Waals surface area contributed by atoms with Crippen molar-refractivity contribution in [2.24, 2.45) is 0 Å². The molecule has 1 heterocycles. The van der Waals surface area contributed by atoms with Gasteiger partial charge in [0.1, 0.15) is 17.1 Å². The molecule has 0 saturated heterocycles. The summed E-state index contributed by atoms with van der Waals surface area (Å²) in [6.45, 7) is 3.77. The Kier molecular flexibility index (Phi) is 4.12. The molecule has 0 saturated carbocycles. The maximum absolute atomic E-state index is 12.3. The lowest BCUT2D eigenvalue weighted by atomic mass is 10.1. The van der Waals surface area contributed by atoms with Crippen molar-refractivity contribution in [3.8, 4) is 0 Å². The highest BCUT2D eigenvalue weighted by Gasteiger charge is 2.17. The summed E-state index contributed by atoms with van der Waals surface area (Å²) in [6.07, 6.45) is 0. The van der Waals surface area contributed by atoms with Crippen LogP contribution in [-0.2, 0) is 6.54 Å². The highest BCUT2D eigenvalue weighted by Crippen LogP contribution is 2.17. The predicted octanol–water partition coefficient (Wildman–Crippen LogP) is 2.87. The standard InChI is InChI=1S/C16H17NO4/c1-10-4-6-12(7-5-10)15(18)17(3)9-13-8-14(16(19)20)11(2)21-13/h4-8H,9H2,1-3H3,(H,19,20). The first kappa shape index (κ1) is 14.8. The van der Waals surface area contributed by atoms with Crippen LogP contribution in [0.15, 0.2) is 34.7 Å². The van der Waals surface area contributed by atoms with E-state index in [1.807, 2.05) is 19.1 Å². The number of carbonyl (C=O) groups is 2. The molecular weight excluding hydrogens is 270 g/mol. The van der Waals surface area contributed by atoms with Crippen molar-refractivity contribution in [1.82, 2.24) is 4.90 Å². The quantitative estimate of drug-likeness (QED) is 0.938. The number of hydrogen-bond acceptors (Lipinski definition) is 3. The van der Waals surface area contributed by atoms with Crippen LogP contribution in [0.3, 0.4) is 0 Å². The van der Waals surface area contributed by atoms with Gasteiger partial charge < -0.3 is 14.4 Å². The molecule has 0 aliphatic heterocycles. The average Bonchev–Trinajstić information content (AvgIpc) is 2.79. The zero-order valence-corrected chi connectivity index (χ0v) is 12.2. The van der Waals surface area contributed by atoms with E-state index in [2.05, 4.69) is 0 Å². The molecule has 5 heteroatoms. The molecule has 0 aliphatic rings. The van der Waals surface area contributed by atoms with E-state index in [4.69, 9.17) is 9.52 Å². The van der Waals surface area contributed by atoms with Crippen molar-refractivity contribution in [1.29, 1.82) is 0 Å². The van der Waals surface area contributed by atoms with Gasteiger partial charge in [0.25, 0.3) is 5.91 Å². The van der Waals surface area contributed by atoms with E-state index in [1.54, 1.807) is 26.1 Å². The predicted molar refractivity (Wildman–Crippen MR) is 77.4 cm³/mol. The number of carboxylic acid groups (broad SMARTS) is 1. The maximum atomic E-state index is 12.3. The van der Waals surface area contributed by atoms with Crippen LogP contribution in [0.2, 0.25) is 0 Å². The van der Waals surface area contributed by atoms with E-state index < -0.39 is 5.97 Å². The van der Waals surface area contributed by atoms with Gasteiger partial charge >= 0.3 is 5.97 Å². The van der Waals surface area contributed by atoms with Crippen LogP contribution in [0.25, 0.3) is 0 Å². The van der Waals surface area contributed by atoms with Crippen molar-refractivity contribution in [3.05, 3.63) is 58.5 Å². The lowest BCUT2D eigenvalue weighted by Crippen LogP contribution is -2.25. The number of furan rings is 1. The summed E-state index contributed by atoms with van der Waals surface area (Å²) in [7, 11) is 1.65. The Hall–Kier alpha value is -2.56. The van der Waals surface area contributed by atoms with Crippen molar-refractivity contribution < 1.29 is 19.1 Å². The van der Waals surface area contributed by atoms with Gasteiger partial charge in [0.2, 0.25) is 0 Å². The summed E-state index contributed by atoms with van der Waals surface area (Å²) >= 11 is 0. The van der Waals surface area contributed by atoms with Crippen molar-refractivity contribution >= 4 is 11.9 Å². The zero-order chi connectivity index (χ0) is 15.6. The van der Waals surface area contributed by atoms with Gasteiger partial charge in [-0.15, -0.1) is 0 Å². The summed E-state index contributed by atoms with van der Waals surface area (Å²) in [4.78, 5) is 24.7. The first-order valence-corrected chi connectivity index (χ1v) is 6.53. The maximum Gasteiger partial charge on any atom is 0.339 e. The fraction of sp³-hybridized carbons (Fsp3) is 0.250. The Balaban J connectivity index is 2.12. The Bertz CT molecular complexity index is 670. The first-order chi connectivity index (χ1) is 9.88. The number of benzene rings is 1. The third kappa shape index (κ3) is 3.31. The van der Waals surface area contributed by atoms with Gasteiger partial charge in [0.05, 0.1) is 6.54 Å². The Morgan fingerprint density at radius 1 is 1.19 bits per heavy atom. The van der Waals surface area contributed by atoms with Crippen LogP contribution in [0.1, 0.15) is 37.8 Å². The molecule has 0 spiro atoms. The third-order valence-corrected chi connectivity index (χ3v) is 3.24. The Morgan fingerprint density at radius 3 is 2.33 bits per heavy atom. The molecule has 0 aliphatic carbocycles. The van der Waals surface area contributed by atoms with Gasteiger partial charge in [0.15, 0.2) is 0 Å². The average molecular weight is 287 g/mol. The molecule has 21 heavy (non-hydrogen) atoms. The molecular formula is C16H17NO4. The van der Waals surface area contributed by atoms with Gasteiger partial charge in [-0.25, -0.2) is 4.79 Å². The number of nitrogens with zero attached hydrogens (tertiary/aromatic N) is 1. The number of aromatic carboxylic acids is 1. The van der Waals surface area contributed by atoms with Crippen LogP contribution in [0.4, 0.5) is 0 Å². The normalized spacial score (nSPS) is 10.4. The fourth-order valence-electron chi connectivity index (χ4n) is 2.06. The van der Waals surface area contributed by atoms with Crippen LogP contribution < -0.4 is 0 Å². The van der Waals surface area contributed by atoms with E-state index in [-0.39, 0.29) is 18.0 Å². The molecule has 1 aromatic heterocycles. The summed E-state index contributed by atoms with van der Waals surface area (Å²) < 4.78 is 5.38. The van der Waals surface area contributed by atoms with Crippen molar-refractivity contribution in [3.63, 3.8) is 0 Å². The summed E-state index contributed by atoms with van der Waals surface area (Å²) in [5, 5.41) is 8.99. The molecule has 0 bridgehead atoms. The summed E-state index contributed by atoms with van der Waals surface area (Å²) in [5.41, 5.74) is 1.80. The number of rotatable bonds is 4. The molecule has 0 fully saturated rings. The van der Waals surface area contributed by atoms with E-state index in [0.717, 1.165) is 5.56 Å². The molecule has 2 rings (SSSR count). The minimum atomic E-state index is -1.03. The minimum absolute atomic E-state index is 0.126. The fourth-order valence-corrected chi connectivity index (χ4v) is 2.06. The molecule has 110 valence electrons. The molecule has 2 aromatic rings. The highest BCUT2D eigenvalue weighted by molar-refractivity contribution is 5.94. The molecule has 1 amide bonds. The van der Waals surface area contributed by atoms with Crippen LogP contribution in [0.5, 0.6) is 0 Å². The number of hydrogen-bond donors (Lipinski definition) is 1. The van der Waals surface area contributed by atoms with Gasteiger partial charge in [0, 0.05) is 12.6 Å². The molecule has 1 N–H and O–H groups in total. The second-order valence-corrected chi connectivity index (χ2v) is 5.01. The van der Waals surface area contributed by atoms with E-state index >= 15 is 0 Å². The third-order valence-electron chi connectivity index (χ3n) is 3.24. The van der Waals surface area contributed by atoms with E-state index in [1.165, 1.54) is 11.0 Å². The topological polar surface area (TPSA) is 70.8 Å². The molecule has 0 unspecified atom stereocenters. The lowest BCUT2D eigenvalue weighted by Gasteiger charge is -2.15. The molecule has 5 nitrogen and oxygen atoms in total. The second kappa shape index (κ2) is 5.83. The Labute approximate surface area is 122 Å². The highest BCUT2D eigenvalue weighted by atomic mass is 16.4. The molecule has 0 radical (unpaired) electrons. The SMILES string of the molecule is Cc1ccc(C(=O)N(C)Cc2cc(C(=O)O)c(C)o2)cc1. The smallest absolute Gasteiger partial charge is 0.339 e. The lowest BCUT2D eigenvalue weighted by molar-refractivity contribution is 0.0694. The molecule has 0 atom stereocenters. The number of aryl methyl sites for hydroxylation is 2. The van der Waals surface area contributed by atoms with E-state index in [9.17, 15) is 9.59 Å². The largest absolute Gasteiger partial charge is 0.478 e. The van der Waals surface area contributed by atoms with Gasteiger partial charge in [-0.2, -0.15) is 0 Å². The monoisotopic (exact) mass is 287 g/mol. The van der Waals surface area contributed by atoms with E-state index in [0.29, 0.717) is 17.1 Å². The zero-order valence-electron chi connectivity index (χ0n) is 12.2. The van der Waals surface area contributed by atoms with Gasteiger partial charge in [-0.05, 0) is 32.0 Å². The van der Waals surface area contributed by atoms with Crippen molar-refractivity contribution in [2.75, 3.05) is 7.05 Å². The summed E-state index contributed by atoms with van der Waals surface area (Å²) in [6, 6.07) is 8.74. The van der Waals surface area contributed by atoms with Crippen molar-refractivity contribution in [2.45, 2.75) is 20.4 Å². The number of amides is 1.